The van der Waals surface area contributed by atoms with E-state index in [1.54, 1.807) is 0 Å². The zero-order valence-electron chi connectivity index (χ0n) is 9.89. The quantitative estimate of drug-likeness (QED) is 0.722. The summed E-state index contributed by atoms with van der Waals surface area (Å²) in [5, 5.41) is 2.45. The predicted molar refractivity (Wildman–Crippen MR) is 73.1 cm³/mol. The summed E-state index contributed by atoms with van der Waals surface area (Å²) in [5.41, 5.74) is 1.92. The van der Waals surface area contributed by atoms with Crippen molar-refractivity contribution in [3.8, 4) is 0 Å². The Hall–Kier alpha value is -0.600. The van der Waals surface area contributed by atoms with Crippen molar-refractivity contribution < 1.29 is 4.74 Å². The van der Waals surface area contributed by atoms with Gasteiger partial charge in [0.05, 0.1) is 5.44 Å². The van der Waals surface area contributed by atoms with Gasteiger partial charge in [0.25, 0.3) is 0 Å². The molecule has 0 amide bonds. The van der Waals surface area contributed by atoms with Crippen LogP contribution in [-0.4, -0.2) is 17.4 Å². The van der Waals surface area contributed by atoms with Crippen molar-refractivity contribution >= 4 is 15.9 Å². The van der Waals surface area contributed by atoms with Gasteiger partial charge in [0.2, 0.25) is 0 Å². The van der Waals surface area contributed by atoms with Gasteiger partial charge in [0.15, 0.2) is 0 Å². The molecule has 1 aromatic carbocycles. The fraction of sp³-hybridized carbons (Fsp3) is 0.500. The molecule has 1 aliphatic rings. The van der Waals surface area contributed by atoms with E-state index in [4.69, 9.17) is 4.74 Å². The zero-order chi connectivity index (χ0) is 11.2. The monoisotopic (exact) mass is 236 g/mol. The Labute approximate surface area is 101 Å². The SMILES string of the molecule is CCC=S(Cc1ccccc1)C1CCCO1. The lowest BCUT2D eigenvalue weighted by atomic mass is 10.2. The van der Waals surface area contributed by atoms with Gasteiger partial charge < -0.3 is 4.74 Å². The van der Waals surface area contributed by atoms with E-state index in [0.29, 0.717) is 15.9 Å². The first-order chi connectivity index (χ1) is 7.90. The first-order valence-electron chi connectivity index (χ1n) is 6.07. The van der Waals surface area contributed by atoms with Crippen LogP contribution in [0.15, 0.2) is 30.3 Å². The molecule has 1 fully saturated rings. The highest BCUT2D eigenvalue weighted by molar-refractivity contribution is 8.14. The Morgan fingerprint density at radius 3 is 2.81 bits per heavy atom. The van der Waals surface area contributed by atoms with Gasteiger partial charge in [-0.2, -0.15) is 10.5 Å². The lowest BCUT2D eigenvalue weighted by Crippen LogP contribution is -2.04. The fourth-order valence-corrected chi connectivity index (χ4v) is 4.29. The van der Waals surface area contributed by atoms with E-state index in [2.05, 4.69) is 42.6 Å². The second kappa shape index (κ2) is 6.21. The first kappa shape index (κ1) is 11.9. The van der Waals surface area contributed by atoms with Gasteiger partial charge in [0, 0.05) is 12.4 Å². The largest absolute Gasteiger partial charge is 0.368 e. The van der Waals surface area contributed by atoms with E-state index in [9.17, 15) is 0 Å². The van der Waals surface area contributed by atoms with Crippen molar-refractivity contribution in [2.24, 2.45) is 0 Å². The van der Waals surface area contributed by atoms with Crippen LogP contribution in [0.5, 0.6) is 0 Å². The van der Waals surface area contributed by atoms with Gasteiger partial charge in [0.1, 0.15) is 0 Å². The van der Waals surface area contributed by atoms with E-state index >= 15 is 0 Å². The van der Waals surface area contributed by atoms with Crippen LogP contribution in [-0.2, 0) is 10.5 Å². The number of hydrogen-bond donors (Lipinski definition) is 0. The van der Waals surface area contributed by atoms with Crippen LogP contribution < -0.4 is 0 Å². The summed E-state index contributed by atoms with van der Waals surface area (Å²) in [4.78, 5) is 0. The van der Waals surface area contributed by atoms with Crippen LogP contribution in [0.25, 0.3) is 0 Å². The molecule has 0 spiro atoms. The van der Waals surface area contributed by atoms with E-state index in [1.807, 2.05) is 0 Å². The Bertz CT molecular complexity index is 339. The maximum atomic E-state index is 5.82. The van der Waals surface area contributed by atoms with Crippen LogP contribution in [0.1, 0.15) is 31.7 Å². The molecule has 88 valence electrons. The van der Waals surface area contributed by atoms with Gasteiger partial charge in [-0.05, 0) is 24.8 Å². The summed E-state index contributed by atoms with van der Waals surface area (Å²) in [7, 11) is 0.302. The van der Waals surface area contributed by atoms with Crippen molar-refractivity contribution in [3.63, 3.8) is 0 Å². The summed E-state index contributed by atoms with van der Waals surface area (Å²) in [6, 6.07) is 10.8. The topological polar surface area (TPSA) is 9.23 Å². The maximum absolute atomic E-state index is 5.82. The van der Waals surface area contributed by atoms with Crippen molar-refractivity contribution in [3.05, 3.63) is 35.9 Å². The molecule has 2 heteroatoms. The van der Waals surface area contributed by atoms with Gasteiger partial charge in [-0.1, -0.05) is 42.6 Å². The molecule has 2 atom stereocenters. The summed E-state index contributed by atoms with van der Waals surface area (Å²) >= 11 is 0. The summed E-state index contributed by atoms with van der Waals surface area (Å²) in [6.45, 7) is 3.18. The van der Waals surface area contributed by atoms with Gasteiger partial charge >= 0.3 is 0 Å². The number of hydrogen-bond acceptors (Lipinski definition) is 1. The van der Waals surface area contributed by atoms with E-state index in [-0.39, 0.29) is 0 Å². The number of rotatable bonds is 4. The third kappa shape index (κ3) is 3.19. The van der Waals surface area contributed by atoms with E-state index < -0.39 is 0 Å². The normalized spacial score (nSPS) is 22.4. The number of benzene rings is 1. The maximum Gasteiger partial charge on any atom is 0.0982 e. The van der Waals surface area contributed by atoms with Crippen molar-refractivity contribution in [2.75, 3.05) is 6.61 Å². The molecule has 0 aliphatic carbocycles. The number of ether oxygens (including phenoxy) is 1. The van der Waals surface area contributed by atoms with E-state index in [0.717, 1.165) is 18.8 Å². The Morgan fingerprint density at radius 1 is 1.38 bits per heavy atom. The van der Waals surface area contributed by atoms with Gasteiger partial charge in [-0.15, -0.1) is 0 Å². The van der Waals surface area contributed by atoms with Crippen molar-refractivity contribution in [1.82, 2.24) is 0 Å². The molecular formula is C14H20OS. The predicted octanol–water partition coefficient (Wildman–Crippen LogP) is 3.80. The smallest absolute Gasteiger partial charge is 0.0982 e. The first-order valence-corrected chi connectivity index (χ1v) is 7.59. The van der Waals surface area contributed by atoms with Crippen LogP contribution >= 0.6 is 10.5 Å². The highest BCUT2D eigenvalue weighted by Crippen LogP contribution is 2.33. The minimum atomic E-state index is 0.302. The molecule has 0 radical (unpaired) electrons. The highest BCUT2D eigenvalue weighted by atomic mass is 32.2. The molecule has 0 aromatic heterocycles. The van der Waals surface area contributed by atoms with Crippen molar-refractivity contribution in [2.45, 2.75) is 37.4 Å². The summed E-state index contributed by atoms with van der Waals surface area (Å²) < 4.78 is 5.82. The molecule has 2 unspecified atom stereocenters. The standard InChI is InChI=1S/C14H20OS/c1-2-11-16(14-9-6-10-15-14)12-13-7-4-3-5-8-13/h3-5,7-8,11,14H,2,6,9-10,12H2,1H3. The van der Waals surface area contributed by atoms with Gasteiger partial charge in [-0.25, -0.2) is 0 Å². The summed E-state index contributed by atoms with van der Waals surface area (Å²) in [6.07, 6.45) is 3.63. The molecule has 0 saturated carbocycles. The highest BCUT2D eigenvalue weighted by Gasteiger charge is 2.18. The Kier molecular flexibility index (Phi) is 4.61. The average Bonchev–Trinajstić information content (AvgIpc) is 2.83. The zero-order valence-corrected chi connectivity index (χ0v) is 10.7. The molecule has 1 heterocycles. The lowest BCUT2D eigenvalue weighted by molar-refractivity contribution is 0.173. The molecule has 2 rings (SSSR count). The Balaban J connectivity index is 2.06. The molecule has 0 bridgehead atoms. The molecule has 16 heavy (non-hydrogen) atoms. The van der Waals surface area contributed by atoms with Crippen LogP contribution in [0, 0.1) is 0 Å². The van der Waals surface area contributed by atoms with Crippen LogP contribution in [0.2, 0.25) is 0 Å². The molecule has 1 aromatic rings. The molecule has 1 aliphatic heterocycles. The second-order valence-corrected chi connectivity index (χ2v) is 6.20. The second-order valence-electron chi connectivity index (χ2n) is 4.12. The Morgan fingerprint density at radius 2 is 2.19 bits per heavy atom. The van der Waals surface area contributed by atoms with Crippen molar-refractivity contribution in [1.29, 1.82) is 0 Å². The summed E-state index contributed by atoms with van der Waals surface area (Å²) in [5.74, 6) is 1.15. The van der Waals surface area contributed by atoms with Crippen LogP contribution in [0.3, 0.4) is 0 Å². The van der Waals surface area contributed by atoms with Gasteiger partial charge in [-0.3, -0.25) is 0 Å². The van der Waals surface area contributed by atoms with E-state index in [1.165, 1.54) is 18.4 Å². The minimum absolute atomic E-state index is 0.302. The molecule has 1 saturated heterocycles. The van der Waals surface area contributed by atoms with Crippen LogP contribution in [0.4, 0.5) is 0 Å². The fourth-order valence-electron chi connectivity index (χ4n) is 2.03. The molecule has 1 nitrogen and oxygen atoms in total. The lowest BCUT2D eigenvalue weighted by Gasteiger charge is -2.16. The molecular weight excluding hydrogens is 216 g/mol. The third-order valence-electron chi connectivity index (χ3n) is 2.78. The average molecular weight is 236 g/mol. The third-order valence-corrected chi connectivity index (χ3v) is 5.26. The minimum Gasteiger partial charge on any atom is -0.368 e. The molecule has 0 N–H and O–H groups in total.